The van der Waals surface area contributed by atoms with Gasteiger partial charge in [0.2, 0.25) is 5.91 Å². The Bertz CT molecular complexity index is 1990. The van der Waals surface area contributed by atoms with Gasteiger partial charge in [0.05, 0.1) is 5.52 Å². The number of hydrogen-bond donors (Lipinski definition) is 2. The van der Waals surface area contributed by atoms with Gasteiger partial charge in [-0.05, 0) is 59.4 Å². The lowest BCUT2D eigenvalue weighted by Crippen LogP contribution is -2.38. The van der Waals surface area contributed by atoms with Gasteiger partial charge in [-0.25, -0.2) is 9.48 Å². The number of anilines is 1. The molecule has 5 aromatic carbocycles. The molecule has 0 unspecified atom stereocenters. The van der Waals surface area contributed by atoms with Crippen molar-refractivity contribution in [2.24, 2.45) is 0 Å². The number of halogens is 2. The molecule has 48 heavy (non-hydrogen) atoms. The van der Waals surface area contributed by atoms with Gasteiger partial charge in [-0.3, -0.25) is 4.79 Å². The zero-order valence-corrected chi connectivity index (χ0v) is 27.4. The molecule has 7 nitrogen and oxygen atoms in total. The molecule has 6 aromatic rings. The number of aromatic nitrogens is 2. The summed E-state index contributed by atoms with van der Waals surface area (Å²) in [5, 5.41) is 19.7. The highest BCUT2D eigenvalue weighted by molar-refractivity contribution is 6.39. The van der Waals surface area contributed by atoms with Crippen molar-refractivity contribution in [3.05, 3.63) is 154 Å². The summed E-state index contributed by atoms with van der Waals surface area (Å²) in [6.07, 6.45) is 0.359. The number of fused-ring (bicyclic) bond motifs is 1. The summed E-state index contributed by atoms with van der Waals surface area (Å²) in [6, 6.07) is 41.4. The van der Waals surface area contributed by atoms with Crippen LogP contribution in [0.5, 0.6) is 0 Å². The highest BCUT2D eigenvalue weighted by atomic mass is 35.5. The van der Waals surface area contributed by atoms with Crippen LogP contribution in [0.2, 0.25) is 10.0 Å². The number of carbonyl (C=O) groups excluding carboxylic acids is 1. The van der Waals surface area contributed by atoms with Crippen LogP contribution in [0.4, 0.5) is 10.6 Å². The molecule has 0 saturated carbocycles. The lowest BCUT2D eigenvalue weighted by atomic mass is 9.77. The van der Waals surface area contributed by atoms with Gasteiger partial charge in [-0.1, -0.05) is 126 Å². The molecule has 1 saturated heterocycles. The largest absolute Gasteiger partial charge is 0.465 e. The van der Waals surface area contributed by atoms with Crippen LogP contribution < -0.4 is 5.32 Å². The van der Waals surface area contributed by atoms with E-state index in [2.05, 4.69) is 41.7 Å². The summed E-state index contributed by atoms with van der Waals surface area (Å²) in [6.45, 7) is 0.417. The summed E-state index contributed by atoms with van der Waals surface area (Å²) >= 11 is 13.3. The molecular weight excluding hydrogens is 643 g/mol. The molecule has 1 aromatic heterocycles. The van der Waals surface area contributed by atoms with Crippen molar-refractivity contribution in [1.82, 2.24) is 14.7 Å². The standard InChI is InChI=1S/C39H32Cl2N4O3/c40-32-19-10-20-33(41)36(32)26-21-22-34-31(24-26)37(42-35(46)25-30-18-11-23-44(30)38(47)48)43-45(34)39(27-12-4-1-5-13-27,28-14-6-2-7-15-28)29-16-8-3-9-17-29/h1-10,12-17,19-22,24,30H,11,18,23,25H2,(H,47,48)(H,42,43,46)/t30-/m0/s1. The highest BCUT2D eigenvalue weighted by Gasteiger charge is 2.41. The maximum Gasteiger partial charge on any atom is 0.407 e. The van der Waals surface area contributed by atoms with Gasteiger partial charge in [-0.2, -0.15) is 5.10 Å². The maximum atomic E-state index is 13.7. The molecule has 1 atom stereocenters. The second-order valence-corrected chi connectivity index (χ2v) is 12.7. The molecule has 0 aliphatic carbocycles. The van der Waals surface area contributed by atoms with E-state index in [1.807, 2.05) is 77.5 Å². The minimum Gasteiger partial charge on any atom is -0.465 e. The van der Waals surface area contributed by atoms with Crippen LogP contribution in [0.1, 0.15) is 36.0 Å². The predicted molar refractivity (Wildman–Crippen MR) is 191 cm³/mol. The third kappa shape index (κ3) is 5.59. The van der Waals surface area contributed by atoms with Gasteiger partial charge in [0, 0.05) is 40.0 Å². The molecule has 0 bridgehead atoms. The first kappa shape index (κ1) is 31.5. The second kappa shape index (κ2) is 13.2. The maximum absolute atomic E-state index is 13.7. The van der Waals surface area contributed by atoms with Crippen LogP contribution in [0.15, 0.2) is 127 Å². The molecular formula is C39H32Cl2N4O3. The predicted octanol–water partition coefficient (Wildman–Crippen LogP) is 9.32. The molecule has 0 spiro atoms. The Morgan fingerprint density at radius 3 is 1.90 bits per heavy atom. The number of nitrogens with one attached hydrogen (secondary N) is 1. The number of nitrogens with zero attached hydrogens (tertiary/aromatic N) is 3. The number of amides is 2. The Labute approximate surface area is 288 Å². The van der Waals surface area contributed by atoms with Crippen LogP contribution in [-0.2, 0) is 10.3 Å². The molecule has 0 radical (unpaired) electrons. The Kier molecular flexibility index (Phi) is 8.65. The molecule has 9 heteroatoms. The van der Waals surface area contributed by atoms with Crippen LogP contribution >= 0.6 is 23.2 Å². The van der Waals surface area contributed by atoms with E-state index in [0.29, 0.717) is 39.8 Å². The normalized spacial score (nSPS) is 14.7. The monoisotopic (exact) mass is 674 g/mol. The van der Waals surface area contributed by atoms with Gasteiger partial charge in [0.25, 0.3) is 0 Å². The van der Waals surface area contributed by atoms with E-state index >= 15 is 0 Å². The molecule has 2 N–H and O–H groups in total. The summed E-state index contributed by atoms with van der Waals surface area (Å²) in [5.74, 6) is 0.0395. The van der Waals surface area contributed by atoms with Crippen LogP contribution in [0.25, 0.3) is 22.0 Å². The Balaban J connectivity index is 1.48. The fourth-order valence-electron chi connectivity index (χ4n) is 7.00. The molecule has 1 aliphatic heterocycles. The van der Waals surface area contributed by atoms with Crippen LogP contribution in [0.3, 0.4) is 0 Å². The Hall–Kier alpha value is -5.11. The highest BCUT2D eigenvalue weighted by Crippen LogP contribution is 2.45. The van der Waals surface area contributed by atoms with Crippen molar-refractivity contribution < 1.29 is 14.7 Å². The molecule has 1 fully saturated rings. The van der Waals surface area contributed by atoms with Crippen molar-refractivity contribution in [3.63, 3.8) is 0 Å². The SMILES string of the molecule is O=C(C[C@@H]1CCCN1C(=O)O)Nc1nn(C(c2ccccc2)(c2ccccc2)c2ccccc2)c2ccc(-c3c(Cl)cccc3Cl)cc12. The van der Waals surface area contributed by atoms with Crippen molar-refractivity contribution in [2.75, 3.05) is 11.9 Å². The van der Waals surface area contributed by atoms with E-state index in [1.54, 1.807) is 18.2 Å². The number of hydrogen-bond acceptors (Lipinski definition) is 3. The van der Waals surface area contributed by atoms with Gasteiger partial charge < -0.3 is 15.3 Å². The zero-order chi connectivity index (χ0) is 33.3. The van der Waals surface area contributed by atoms with Crippen molar-refractivity contribution in [1.29, 1.82) is 0 Å². The number of likely N-dealkylation sites (tertiary alicyclic amines) is 1. The molecule has 1 aliphatic rings. The summed E-state index contributed by atoms with van der Waals surface area (Å²) in [5.41, 5.74) is 4.20. The summed E-state index contributed by atoms with van der Waals surface area (Å²) in [4.78, 5) is 26.9. The van der Waals surface area contributed by atoms with E-state index < -0.39 is 17.7 Å². The molecule has 7 rings (SSSR count). The average Bonchev–Trinajstić information content (AvgIpc) is 3.71. The number of benzene rings is 5. The van der Waals surface area contributed by atoms with Gasteiger partial charge >= 0.3 is 6.09 Å². The van der Waals surface area contributed by atoms with E-state index in [1.165, 1.54) is 4.90 Å². The summed E-state index contributed by atoms with van der Waals surface area (Å²) in [7, 11) is 0. The Morgan fingerprint density at radius 1 is 0.792 bits per heavy atom. The topological polar surface area (TPSA) is 87.5 Å². The summed E-state index contributed by atoms with van der Waals surface area (Å²) < 4.78 is 1.98. The van der Waals surface area contributed by atoms with Crippen molar-refractivity contribution >= 4 is 51.9 Å². The van der Waals surface area contributed by atoms with Crippen LogP contribution in [0, 0.1) is 0 Å². The Morgan fingerprint density at radius 2 is 1.35 bits per heavy atom. The van der Waals surface area contributed by atoms with E-state index in [9.17, 15) is 14.7 Å². The van der Waals surface area contributed by atoms with E-state index in [4.69, 9.17) is 28.3 Å². The smallest absolute Gasteiger partial charge is 0.407 e. The van der Waals surface area contributed by atoms with Gasteiger partial charge in [-0.15, -0.1) is 0 Å². The molecule has 2 amide bonds. The average molecular weight is 676 g/mol. The minimum absolute atomic E-state index is 0.0257. The van der Waals surface area contributed by atoms with Crippen LogP contribution in [-0.4, -0.2) is 44.4 Å². The first-order chi connectivity index (χ1) is 23.4. The fourth-order valence-corrected chi connectivity index (χ4v) is 7.61. The van der Waals surface area contributed by atoms with Crippen molar-refractivity contribution in [3.8, 4) is 11.1 Å². The first-order valence-corrected chi connectivity index (χ1v) is 16.6. The second-order valence-electron chi connectivity index (χ2n) is 11.9. The minimum atomic E-state index is -1.01. The van der Waals surface area contributed by atoms with E-state index in [0.717, 1.165) is 34.2 Å². The third-order valence-corrected chi connectivity index (χ3v) is 9.76. The van der Waals surface area contributed by atoms with Crippen molar-refractivity contribution in [2.45, 2.75) is 30.8 Å². The number of carbonyl (C=O) groups is 2. The molecule has 2 heterocycles. The lowest BCUT2D eigenvalue weighted by Gasteiger charge is -2.37. The van der Waals surface area contributed by atoms with E-state index in [-0.39, 0.29) is 12.3 Å². The fraction of sp³-hybridized carbons (Fsp3) is 0.154. The first-order valence-electron chi connectivity index (χ1n) is 15.8. The number of rotatable bonds is 8. The quantitative estimate of drug-likeness (QED) is 0.158. The number of carboxylic acid groups (broad SMARTS) is 1. The zero-order valence-electron chi connectivity index (χ0n) is 25.9. The van der Waals surface area contributed by atoms with Gasteiger partial charge in [0.15, 0.2) is 5.82 Å². The molecule has 240 valence electrons. The lowest BCUT2D eigenvalue weighted by molar-refractivity contribution is -0.117. The third-order valence-electron chi connectivity index (χ3n) is 9.13. The van der Waals surface area contributed by atoms with Gasteiger partial charge in [0.1, 0.15) is 5.54 Å².